The van der Waals surface area contributed by atoms with Crippen LogP contribution in [0.5, 0.6) is 0 Å². The fourth-order valence-corrected chi connectivity index (χ4v) is 1.95. The van der Waals surface area contributed by atoms with Crippen LogP contribution in [-0.2, 0) is 0 Å². The van der Waals surface area contributed by atoms with Crippen LogP contribution in [0.2, 0.25) is 0 Å². The van der Waals surface area contributed by atoms with Crippen molar-refractivity contribution in [2.75, 3.05) is 13.1 Å². The van der Waals surface area contributed by atoms with E-state index in [1.54, 1.807) is 0 Å². The second-order valence-corrected chi connectivity index (χ2v) is 5.39. The van der Waals surface area contributed by atoms with Gasteiger partial charge in [0.05, 0.1) is 12.2 Å². The number of urea groups is 1. The molecule has 20 heavy (non-hydrogen) atoms. The standard InChI is InChI=1S/C15H32N2O3/c1-3-5-7-9-13(18)11-16-15(20)17-12-14(19)10-8-6-4-2/h13-14,18-19H,3-12H2,1-2H3,(H2,16,17,20). The van der Waals surface area contributed by atoms with E-state index < -0.39 is 12.2 Å². The van der Waals surface area contributed by atoms with Crippen LogP contribution in [0.15, 0.2) is 0 Å². The van der Waals surface area contributed by atoms with Crippen LogP contribution >= 0.6 is 0 Å². The second-order valence-electron chi connectivity index (χ2n) is 5.39. The summed E-state index contributed by atoms with van der Waals surface area (Å²) in [5.74, 6) is 0. The van der Waals surface area contributed by atoms with E-state index in [9.17, 15) is 15.0 Å². The van der Waals surface area contributed by atoms with Gasteiger partial charge < -0.3 is 20.8 Å². The third-order valence-electron chi connectivity index (χ3n) is 3.28. The molecule has 2 amide bonds. The summed E-state index contributed by atoms with van der Waals surface area (Å²) in [5, 5.41) is 24.5. The van der Waals surface area contributed by atoms with Gasteiger partial charge in [0.15, 0.2) is 0 Å². The molecule has 0 fully saturated rings. The summed E-state index contributed by atoms with van der Waals surface area (Å²) in [7, 11) is 0. The lowest BCUT2D eigenvalue weighted by molar-refractivity contribution is 0.150. The number of carbonyl (C=O) groups is 1. The smallest absolute Gasteiger partial charge is 0.314 e. The van der Waals surface area contributed by atoms with Gasteiger partial charge in [0.2, 0.25) is 0 Å². The third kappa shape index (κ3) is 12.2. The predicted octanol–water partition coefficient (Wildman–Crippen LogP) is 2.17. The quantitative estimate of drug-likeness (QED) is 0.415. The van der Waals surface area contributed by atoms with Crippen molar-refractivity contribution in [2.45, 2.75) is 77.4 Å². The molecular formula is C15H32N2O3. The normalized spacial score (nSPS) is 13.8. The summed E-state index contributed by atoms with van der Waals surface area (Å²) in [6.45, 7) is 4.76. The number of carbonyl (C=O) groups excluding carboxylic acids is 1. The summed E-state index contributed by atoms with van der Waals surface area (Å²) < 4.78 is 0. The summed E-state index contributed by atoms with van der Waals surface area (Å²) in [4.78, 5) is 11.5. The molecule has 4 N–H and O–H groups in total. The van der Waals surface area contributed by atoms with Crippen LogP contribution in [0, 0.1) is 0 Å². The maximum absolute atomic E-state index is 11.5. The van der Waals surface area contributed by atoms with E-state index in [1.165, 1.54) is 0 Å². The lowest BCUT2D eigenvalue weighted by Gasteiger charge is -2.14. The number of hydrogen-bond donors (Lipinski definition) is 4. The minimum Gasteiger partial charge on any atom is -0.391 e. The van der Waals surface area contributed by atoms with Gasteiger partial charge in [-0.25, -0.2) is 4.79 Å². The molecule has 0 aromatic heterocycles. The number of unbranched alkanes of at least 4 members (excludes halogenated alkanes) is 4. The van der Waals surface area contributed by atoms with E-state index in [-0.39, 0.29) is 19.1 Å². The Kier molecular flexibility index (Phi) is 12.7. The molecule has 0 aromatic rings. The zero-order valence-electron chi connectivity index (χ0n) is 13.0. The van der Waals surface area contributed by atoms with E-state index in [4.69, 9.17) is 0 Å². The van der Waals surface area contributed by atoms with E-state index in [1.807, 2.05) is 0 Å². The lowest BCUT2D eigenvalue weighted by atomic mass is 10.1. The molecule has 0 aliphatic heterocycles. The number of aliphatic hydroxyl groups excluding tert-OH is 2. The Bertz CT molecular complexity index is 215. The Labute approximate surface area is 123 Å². The van der Waals surface area contributed by atoms with Crippen molar-refractivity contribution in [3.8, 4) is 0 Å². The van der Waals surface area contributed by atoms with Crippen molar-refractivity contribution < 1.29 is 15.0 Å². The SMILES string of the molecule is CCCCCC(O)CNC(=O)NCC(O)CCCCC. The molecule has 0 spiro atoms. The molecule has 0 bridgehead atoms. The fourth-order valence-electron chi connectivity index (χ4n) is 1.95. The molecule has 0 aliphatic carbocycles. The lowest BCUT2D eigenvalue weighted by Crippen LogP contribution is -2.42. The molecule has 5 nitrogen and oxygen atoms in total. The van der Waals surface area contributed by atoms with Crippen LogP contribution in [0.4, 0.5) is 4.79 Å². The molecule has 2 unspecified atom stereocenters. The summed E-state index contributed by atoms with van der Waals surface area (Å²) in [6.07, 6.45) is 6.88. The molecule has 0 saturated carbocycles. The van der Waals surface area contributed by atoms with Crippen LogP contribution in [-0.4, -0.2) is 41.5 Å². The molecule has 2 atom stereocenters. The highest BCUT2D eigenvalue weighted by Gasteiger charge is 2.08. The van der Waals surface area contributed by atoms with Crippen molar-refractivity contribution in [1.82, 2.24) is 10.6 Å². The average Bonchev–Trinajstić information content (AvgIpc) is 2.43. The minimum absolute atomic E-state index is 0.265. The number of rotatable bonds is 12. The van der Waals surface area contributed by atoms with Gasteiger partial charge in [0, 0.05) is 13.1 Å². The third-order valence-corrected chi connectivity index (χ3v) is 3.28. The van der Waals surface area contributed by atoms with Gasteiger partial charge in [0.25, 0.3) is 0 Å². The van der Waals surface area contributed by atoms with Crippen molar-refractivity contribution in [3.63, 3.8) is 0 Å². The Hall–Kier alpha value is -0.810. The highest BCUT2D eigenvalue weighted by Crippen LogP contribution is 2.03. The van der Waals surface area contributed by atoms with Crippen LogP contribution in [0.25, 0.3) is 0 Å². The van der Waals surface area contributed by atoms with Gasteiger partial charge in [-0.1, -0.05) is 52.4 Å². The summed E-state index contributed by atoms with van der Waals surface area (Å²) in [6, 6.07) is -0.325. The first-order valence-electron chi connectivity index (χ1n) is 7.97. The van der Waals surface area contributed by atoms with Gasteiger partial charge in [-0.3, -0.25) is 0 Å². The number of hydrogen-bond acceptors (Lipinski definition) is 3. The molecule has 0 aliphatic rings. The van der Waals surface area contributed by atoms with Crippen molar-refractivity contribution in [1.29, 1.82) is 0 Å². The summed E-state index contributed by atoms with van der Waals surface area (Å²) >= 11 is 0. The van der Waals surface area contributed by atoms with Crippen LogP contribution in [0.3, 0.4) is 0 Å². The van der Waals surface area contributed by atoms with E-state index in [0.717, 1.165) is 38.5 Å². The van der Waals surface area contributed by atoms with Gasteiger partial charge in [-0.2, -0.15) is 0 Å². The van der Waals surface area contributed by atoms with E-state index in [0.29, 0.717) is 12.8 Å². The average molecular weight is 288 g/mol. The van der Waals surface area contributed by atoms with Crippen molar-refractivity contribution in [3.05, 3.63) is 0 Å². The van der Waals surface area contributed by atoms with Gasteiger partial charge in [-0.15, -0.1) is 0 Å². The summed E-state index contributed by atoms with van der Waals surface area (Å²) in [5.41, 5.74) is 0. The van der Waals surface area contributed by atoms with Crippen LogP contribution < -0.4 is 10.6 Å². The number of amides is 2. The molecule has 0 aromatic carbocycles. The van der Waals surface area contributed by atoms with E-state index in [2.05, 4.69) is 24.5 Å². The highest BCUT2D eigenvalue weighted by atomic mass is 16.3. The molecule has 0 rings (SSSR count). The predicted molar refractivity (Wildman–Crippen MR) is 81.7 cm³/mol. The molecule has 0 heterocycles. The maximum atomic E-state index is 11.5. The van der Waals surface area contributed by atoms with Gasteiger partial charge in [-0.05, 0) is 12.8 Å². The monoisotopic (exact) mass is 288 g/mol. The molecule has 5 heteroatoms. The van der Waals surface area contributed by atoms with E-state index >= 15 is 0 Å². The fraction of sp³-hybridized carbons (Fsp3) is 0.933. The maximum Gasteiger partial charge on any atom is 0.314 e. The van der Waals surface area contributed by atoms with Crippen molar-refractivity contribution >= 4 is 6.03 Å². The van der Waals surface area contributed by atoms with Crippen molar-refractivity contribution in [2.24, 2.45) is 0 Å². The first-order valence-corrected chi connectivity index (χ1v) is 7.97. The van der Waals surface area contributed by atoms with Crippen LogP contribution in [0.1, 0.15) is 65.2 Å². The zero-order chi connectivity index (χ0) is 15.2. The second kappa shape index (κ2) is 13.2. The molecule has 0 saturated heterocycles. The Morgan fingerprint density at radius 2 is 1.25 bits per heavy atom. The largest absolute Gasteiger partial charge is 0.391 e. The first-order chi connectivity index (χ1) is 9.60. The van der Waals surface area contributed by atoms with Gasteiger partial charge >= 0.3 is 6.03 Å². The first kappa shape index (κ1) is 19.2. The Balaban J connectivity index is 3.52. The Morgan fingerprint density at radius 3 is 1.60 bits per heavy atom. The highest BCUT2D eigenvalue weighted by molar-refractivity contribution is 5.73. The number of nitrogens with one attached hydrogen (secondary N) is 2. The zero-order valence-corrected chi connectivity index (χ0v) is 13.0. The molecular weight excluding hydrogens is 256 g/mol. The number of aliphatic hydroxyl groups is 2. The topological polar surface area (TPSA) is 81.6 Å². The molecule has 0 radical (unpaired) electrons. The molecule has 120 valence electrons. The Morgan fingerprint density at radius 1 is 0.850 bits per heavy atom. The van der Waals surface area contributed by atoms with Gasteiger partial charge in [0.1, 0.15) is 0 Å². The minimum atomic E-state index is -0.484.